The molecule has 0 saturated carbocycles. The van der Waals surface area contributed by atoms with Crippen LogP contribution in [0.2, 0.25) is 5.15 Å². The summed E-state index contributed by atoms with van der Waals surface area (Å²) < 4.78 is 1.76. The summed E-state index contributed by atoms with van der Waals surface area (Å²) in [6.45, 7) is 3.73. The fraction of sp³-hybridized carbons (Fsp3) is 0.111. The zero-order valence-corrected chi connectivity index (χ0v) is 14.5. The van der Waals surface area contributed by atoms with Gasteiger partial charge in [0.25, 0.3) is 0 Å². The van der Waals surface area contributed by atoms with Crippen molar-refractivity contribution in [3.63, 3.8) is 0 Å². The molecule has 4 aromatic rings. The quantitative estimate of drug-likeness (QED) is 0.560. The van der Waals surface area contributed by atoms with E-state index in [1.807, 2.05) is 49.4 Å². The number of anilines is 2. The molecule has 3 heterocycles. The summed E-state index contributed by atoms with van der Waals surface area (Å²) in [5, 5.41) is 9.27. The van der Waals surface area contributed by atoms with Gasteiger partial charge in [-0.05, 0) is 32.0 Å². The number of para-hydroxylation sites is 1. The largest absolute Gasteiger partial charge is 0.325 e. The maximum atomic E-state index is 6.02. The van der Waals surface area contributed by atoms with Gasteiger partial charge in [0.05, 0.1) is 11.2 Å². The van der Waals surface area contributed by atoms with E-state index in [0.29, 0.717) is 16.8 Å². The zero-order valence-electron chi connectivity index (χ0n) is 13.7. The van der Waals surface area contributed by atoms with Gasteiger partial charge in [0.1, 0.15) is 22.6 Å². The van der Waals surface area contributed by atoms with Gasteiger partial charge in [0, 0.05) is 17.5 Å². The molecule has 1 N–H and O–H groups in total. The van der Waals surface area contributed by atoms with Crippen LogP contribution in [0.1, 0.15) is 11.5 Å². The molecule has 4 rings (SSSR count). The summed E-state index contributed by atoms with van der Waals surface area (Å²) in [7, 11) is 0. The van der Waals surface area contributed by atoms with Crippen LogP contribution in [0.3, 0.4) is 0 Å². The van der Waals surface area contributed by atoms with Crippen LogP contribution in [0.25, 0.3) is 16.7 Å². The molecule has 0 aliphatic heterocycles. The Labute approximate surface area is 149 Å². The van der Waals surface area contributed by atoms with Crippen LogP contribution < -0.4 is 5.32 Å². The lowest BCUT2D eigenvalue weighted by molar-refractivity contribution is 0.843. The standard InChI is InChI=1S/C18H15ClN6/c1-11-9-18(23-16-10-15(19)20-12(2)21-16)25(24-11)17-8-7-13-5-3-4-6-14(13)22-17/h3-10H,1-2H3,(H,20,21,23). The average molecular weight is 351 g/mol. The Morgan fingerprint density at radius 1 is 0.960 bits per heavy atom. The molecule has 0 spiro atoms. The molecule has 25 heavy (non-hydrogen) atoms. The molecule has 0 saturated heterocycles. The predicted octanol–water partition coefficient (Wildman–Crippen LogP) is 4.22. The van der Waals surface area contributed by atoms with Crippen LogP contribution in [-0.4, -0.2) is 24.7 Å². The van der Waals surface area contributed by atoms with Crippen LogP contribution >= 0.6 is 11.6 Å². The van der Waals surface area contributed by atoms with E-state index < -0.39 is 0 Å². The van der Waals surface area contributed by atoms with Gasteiger partial charge in [-0.15, -0.1) is 0 Å². The molecule has 7 heteroatoms. The van der Waals surface area contributed by atoms with Crippen molar-refractivity contribution < 1.29 is 0 Å². The molecule has 0 bridgehead atoms. The molecule has 3 aromatic heterocycles. The number of nitrogens with one attached hydrogen (secondary N) is 1. The van der Waals surface area contributed by atoms with Crippen molar-refractivity contribution in [2.45, 2.75) is 13.8 Å². The number of aromatic nitrogens is 5. The number of benzene rings is 1. The Bertz CT molecular complexity index is 1050. The first kappa shape index (κ1) is 15.5. The third-order valence-electron chi connectivity index (χ3n) is 3.70. The van der Waals surface area contributed by atoms with Crippen LogP contribution in [0, 0.1) is 13.8 Å². The fourth-order valence-corrected chi connectivity index (χ4v) is 2.89. The molecular weight excluding hydrogens is 336 g/mol. The Morgan fingerprint density at radius 2 is 1.80 bits per heavy atom. The Kier molecular flexibility index (Phi) is 3.82. The molecule has 6 nitrogen and oxygen atoms in total. The number of aryl methyl sites for hydroxylation is 2. The lowest BCUT2D eigenvalue weighted by Crippen LogP contribution is -2.06. The van der Waals surface area contributed by atoms with E-state index in [1.165, 1.54) is 0 Å². The highest BCUT2D eigenvalue weighted by Gasteiger charge is 2.11. The van der Waals surface area contributed by atoms with E-state index in [4.69, 9.17) is 16.6 Å². The first-order chi connectivity index (χ1) is 12.1. The number of pyridine rings is 1. The van der Waals surface area contributed by atoms with E-state index in [-0.39, 0.29) is 0 Å². The summed E-state index contributed by atoms with van der Waals surface area (Å²) in [6, 6.07) is 15.6. The first-order valence-corrected chi connectivity index (χ1v) is 8.17. The summed E-state index contributed by atoms with van der Waals surface area (Å²) in [5.74, 6) is 2.70. The molecule has 0 aliphatic carbocycles. The van der Waals surface area contributed by atoms with Crippen molar-refractivity contribution in [2.75, 3.05) is 5.32 Å². The van der Waals surface area contributed by atoms with Crippen molar-refractivity contribution in [3.8, 4) is 5.82 Å². The lowest BCUT2D eigenvalue weighted by atomic mass is 10.2. The summed E-state index contributed by atoms with van der Waals surface area (Å²) in [6.07, 6.45) is 0. The second kappa shape index (κ2) is 6.14. The van der Waals surface area contributed by atoms with Crippen LogP contribution in [-0.2, 0) is 0 Å². The van der Waals surface area contributed by atoms with Crippen LogP contribution in [0.5, 0.6) is 0 Å². The summed E-state index contributed by atoms with van der Waals surface area (Å²) in [4.78, 5) is 13.1. The number of hydrogen-bond acceptors (Lipinski definition) is 5. The van der Waals surface area contributed by atoms with Gasteiger partial charge in [0.2, 0.25) is 0 Å². The third-order valence-corrected chi connectivity index (χ3v) is 3.89. The maximum Gasteiger partial charge on any atom is 0.156 e. The van der Waals surface area contributed by atoms with Crippen molar-refractivity contribution in [1.82, 2.24) is 24.7 Å². The van der Waals surface area contributed by atoms with E-state index in [2.05, 4.69) is 20.4 Å². The van der Waals surface area contributed by atoms with Crippen molar-refractivity contribution in [3.05, 3.63) is 65.2 Å². The normalized spacial score (nSPS) is 11.0. The van der Waals surface area contributed by atoms with Gasteiger partial charge in [-0.1, -0.05) is 29.8 Å². The minimum atomic E-state index is 0.390. The Balaban J connectivity index is 1.77. The van der Waals surface area contributed by atoms with Gasteiger partial charge in [-0.2, -0.15) is 9.78 Å². The number of hydrogen-bond donors (Lipinski definition) is 1. The second-order valence-corrected chi connectivity index (χ2v) is 6.08. The molecule has 0 amide bonds. The average Bonchev–Trinajstić information content (AvgIpc) is 2.94. The molecule has 0 atom stereocenters. The van der Waals surface area contributed by atoms with Gasteiger partial charge in [0.15, 0.2) is 5.82 Å². The van der Waals surface area contributed by atoms with Gasteiger partial charge >= 0.3 is 0 Å². The molecule has 1 aromatic carbocycles. The summed E-state index contributed by atoms with van der Waals surface area (Å²) >= 11 is 6.02. The third kappa shape index (κ3) is 3.16. The number of rotatable bonds is 3. The van der Waals surface area contributed by atoms with Gasteiger partial charge in [-0.25, -0.2) is 15.0 Å². The highest BCUT2D eigenvalue weighted by Crippen LogP contribution is 2.22. The molecule has 0 unspecified atom stereocenters. The SMILES string of the molecule is Cc1cc(Nc2cc(Cl)nc(C)n2)n(-c2ccc3ccccc3n2)n1. The maximum absolute atomic E-state index is 6.02. The number of halogens is 1. The monoisotopic (exact) mass is 350 g/mol. The predicted molar refractivity (Wildman–Crippen MR) is 98.7 cm³/mol. The minimum absolute atomic E-state index is 0.390. The molecule has 0 aliphatic rings. The second-order valence-electron chi connectivity index (χ2n) is 5.69. The van der Waals surface area contributed by atoms with Crippen molar-refractivity contribution in [2.24, 2.45) is 0 Å². The van der Waals surface area contributed by atoms with E-state index >= 15 is 0 Å². The minimum Gasteiger partial charge on any atom is -0.325 e. The van der Waals surface area contributed by atoms with E-state index in [0.717, 1.165) is 28.2 Å². The summed E-state index contributed by atoms with van der Waals surface area (Å²) in [5.41, 5.74) is 1.79. The van der Waals surface area contributed by atoms with Crippen molar-refractivity contribution >= 4 is 34.1 Å². The number of fused-ring (bicyclic) bond motifs is 1. The Morgan fingerprint density at radius 3 is 2.64 bits per heavy atom. The molecule has 124 valence electrons. The van der Waals surface area contributed by atoms with Crippen LogP contribution in [0.15, 0.2) is 48.5 Å². The smallest absolute Gasteiger partial charge is 0.156 e. The fourth-order valence-electron chi connectivity index (χ4n) is 2.66. The van der Waals surface area contributed by atoms with E-state index in [9.17, 15) is 0 Å². The zero-order chi connectivity index (χ0) is 17.4. The lowest BCUT2D eigenvalue weighted by Gasteiger charge is -2.10. The molecule has 0 radical (unpaired) electrons. The molecule has 0 fully saturated rings. The van der Waals surface area contributed by atoms with Crippen LogP contribution in [0.4, 0.5) is 11.6 Å². The van der Waals surface area contributed by atoms with Crippen molar-refractivity contribution in [1.29, 1.82) is 0 Å². The van der Waals surface area contributed by atoms with Gasteiger partial charge in [-0.3, -0.25) is 0 Å². The topological polar surface area (TPSA) is 68.5 Å². The number of nitrogens with zero attached hydrogens (tertiary/aromatic N) is 5. The molecular formula is C18H15ClN6. The highest BCUT2D eigenvalue weighted by atomic mass is 35.5. The highest BCUT2D eigenvalue weighted by molar-refractivity contribution is 6.29. The first-order valence-electron chi connectivity index (χ1n) is 7.79. The van der Waals surface area contributed by atoms with E-state index in [1.54, 1.807) is 17.7 Å². The van der Waals surface area contributed by atoms with Gasteiger partial charge < -0.3 is 5.32 Å². The Hall–Kier alpha value is -2.99.